The summed E-state index contributed by atoms with van der Waals surface area (Å²) >= 11 is 0. The number of aromatic nitrogens is 2. The maximum absolute atomic E-state index is 9.20. The molecule has 3 rings (SSSR count). The van der Waals surface area contributed by atoms with E-state index >= 15 is 0 Å². The van der Waals surface area contributed by atoms with E-state index in [2.05, 4.69) is 26.8 Å². The van der Waals surface area contributed by atoms with E-state index in [1.54, 1.807) is 0 Å². The minimum atomic E-state index is 0.413. The molecule has 0 saturated carbocycles. The molecule has 4 heteroatoms. The monoisotopic (exact) mass is 240 g/mol. The summed E-state index contributed by atoms with van der Waals surface area (Å²) in [6, 6.07) is 6.30. The SMILES string of the molecule is Cc1ccn2c(C3CCCNC3)nc(C#N)c2c1. The first-order valence-corrected chi connectivity index (χ1v) is 6.39. The van der Waals surface area contributed by atoms with Gasteiger partial charge in [-0.2, -0.15) is 5.26 Å². The number of rotatable bonds is 1. The molecule has 0 amide bonds. The van der Waals surface area contributed by atoms with Crippen LogP contribution in [0.25, 0.3) is 5.52 Å². The Hall–Kier alpha value is -1.86. The van der Waals surface area contributed by atoms with Crippen LogP contribution in [0.2, 0.25) is 0 Å². The van der Waals surface area contributed by atoms with Crippen LogP contribution in [0, 0.1) is 18.3 Å². The lowest BCUT2D eigenvalue weighted by Gasteiger charge is -2.21. The van der Waals surface area contributed by atoms with Gasteiger partial charge in [-0.15, -0.1) is 0 Å². The Balaban J connectivity index is 2.14. The largest absolute Gasteiger partial charge is 0.316 e. The second-order valence-corrected chi connectivity index (χ2v) is 4.93. The lowest BCUT2D eigenvalue weighted by Crippen LogP contribution is -2.29. The Bertz CT molecular complexity index is 614. The molecule has 2 aromatic rings. The van der Waals surface area contributed by atoms with E-state index in [-0.39, 0.29) is 0 Å². The number of pyridine rings is 1. The summed E-state index contributed by atoms with van der Waals surface area (Å²) in [6.07, 6.45) is 4.35. The van der Waals surface area contributed by atoms with Crippen molar-refractivity contribution < 1.29 is 0 Å². The minimum absolute atomic E-state index is 0.413. The number of hydrogen-bond donors (Lipinski definition) is 1. The highest BCUT2D eigenvalue weighted by atomic mass is 15.0. The molecule has 0 radical (unpaired) electrons. The van der Waals surface area contributed by atoms with Gasteiger partial charge in [-0.3, -0.25) is 0 Å². The van der Waals surface area contributed by atoms with Gasteiger partial charge < -0.3 is 9.72 Å². The highest BCUT2D eigenvalue weighted by Crippen LogP contribution is 2.25. The number of hydrogen-bond acceptors (Lipinski definition) is 3. The van der Waals surface area contributed by atoms with Crippen molar-refractivity contribution in [2.45, 2.75) is 25.7 Å². The van der Waals surface area contributed by atoms with Crippen molar-refractivity contribution in [3.8, 4) is 6.07 Å². The first kappa shape index (κ1) is 11.2. The normalized spacial score (nSPS) is 19.9. The fraction of sp³-hybridized carbons (Fsp3) is 0.429. The molecule has 1 saturated heterocycles. The van der Waals surface area contributed by atoms with Gasteiger partial charge >= 0.3 is 0 Å². The lowest BCUT2D eigenvalue weighted by atomic mass is 9.99. The molecule has 0 bridgehead atoms. The standard InChI is InChI=1S/C14H16N4/c1-10-4-6-18-13(7-10)12(8-15)17-14(18)11-3-2-5-16-9-11/h4,6-7,11,16H,2-3,5,9H2,1H3. The Morgan fingerprint density at radius 3 is 3.17 bits per heavy atom. The summed E-state index contributed by atoms with van der Waals surface area (Å²) in [5.41, 5.74) is 2.63. The Labute approximate surface area is 106 Å². The van der Waals surface area contributed by atoms with Crippen LogP contribution < -0.4 is 5.32 Å². The molecule has 0 aliphatic carbocycles. The van der Waals surface area contributed by atoms with Crippen molar-refractivity contribution in [2.75, 3.05) is 13.1 Å². The third-order valence-electron chi connectivity index (χ3n) is 3.59. The van der Waals surface area contributed by atoms with Crippen LogP contribution in [0.1, 0.15) is 35.8 Å². The molecular formula is C14H16N4. The van der Waals surface area contributed by atoms with Crippen molar-refractivity contribution in [3.63, 3.8) is 0 Å². The minimum Gasteiger partial charge on any atom is -0.316 e. The van der Waals surface area contributed by atoms with Crippen molar-refractivity contribution in [1.29, 1.82) is 5.26 Å². The first-order chi connectivity index (χ1) is 8.79. The van der Waals surface area contributed by atoms with Gasteiger partial charge in [-0.05, 0) is 44.0 Å². The number of fused-ring (bicyclic) bond motifs is 1. The van der Waals surface area contributed by atoms with E-state index in [1.165, 1.54) is 6.42 Å². The summed E-state index contributed by atoms with van der Waals surface area (Å²) in [6.45, 7) is 4.08. The van der Waals surface area contributed by atoms with Gasteiger partial charge in [0.05, 0.1) is 5.52 Å². The van der Waals surface area contributed by atoms with Crippen LogP contribution in [0.15, 0.2) is 18.3 Å². The maximum Gasteiger partial charge on any atom is 0.166 e. The fourth-order valence-electron chi connectivity index (χ4n) is 2.66. The van der Waals surface area contributed by atoms with Gasteiger partial charge in [0.25, 0.3) is 0 Å². The molecule has 1 fully saturated rings. The van der Waals surface area contributed by atoms with Gasteiger partial charge in [0.2, 0.25) is 0 Å². The molecule has 1 unspecified atom stereocenters. The van der Waals surface area contributed by atoms with Crippen LogP contribution in [0.4, 0.5) is 0 Å². The number of piperidine rings is 1. The molecule has 1 aliphatic rings. The smallest absolute Gasteiger partial charge is 0.166 e. The average molecular weight is 240 g/mol. The Morgan fingerprint density at radius 2 is 2.44 bits per heavy atom. The zero-order chi connectivity index (χ0) is 12.5. The maximum atomic E-state index is 9.20. The third-order valence-corrected chi connectivity index (χ3v) is 3.59. The van der Waals surface area contributed by atoms with E-state index in [0.717, 1.165) is 36.4 Å². The zero-order valence-electron chi connectivity index (χ0n) is 10.5. The van der Waals surface area contributed by atoms with Crippen LogP contribution >= 0.6 is 0 Å². The van der Waals surface area contributed by atoms with Crippen LogP contribution in [0.3, 0.4) is 0 Å². The fourth-order valence-corrected chi connectivity index (χ4v) is 2.66. The summed E-state index contributed by atoms with van der Waals surface area (Å²) in [7, 11) is 0. The summed E-state index contributed by atoms with van der Waals surface area (Å²) in [4.78, 5) is 4.53. The average Bonchev–Trinajstić information content (AvgIpc) is 2.77. The van der Waals surface area contributed by atoms with E-state index in [4.69, 9.17) is 0 Å². The van der Waals surface area contributed by atoms with Crippen molar-refractivity contribution in [1.82, 2.24) is 14.7 Å². The number of aryl methyl sites for hydroxylation is 1. The van der Waals surface area contributed by atoms with Crippen molar-refractivity contribution >= 4 is 5.52 Å². The summed E-state index contributed by atoms with van der Waals surface area (Å²) < 4.78 is 2.07. The Kier molecular flexibility index (Phi) is 2.77. The predicted molar refractivity (Wildman–Crippen MR) is 69.5 cm³/mol. The van der Waals surface area contributed by atoms with Gasteiger partial charge in [-0.1, -0.05) is 0 Å². The van der Waals surface area contributed by atoms with Crippen LogP contribution in [0.5, 0.6) is 0 Å². The Morgan fingerprint density at radius 1 is 1.56 bits per heavy atom. The van der Waals surface area contributed by atoms with Crippen LogP contribution in [-0.4, -0.2) is 22.5 Å². The number of nitrogens with zero attached hydrogens (tertiary/aromatic N) is 3. The number of nitrogens with one attached hydrogen (secondary N) is 1. The van der Waals surface area contributed by atoms with Gasteiger partial charge in [0.1, 0.15) is 11.9 Å². The summed E-state index contributed by atoms with van der Waals surface area (Å²) in [5, 5.41) is 12.6. The van der Waals surface area contributed by atoms with Gasteiger partial charge in [0.15, 0.2) is 5.69 Å². The van der Waals surface area contributed by atoms with E-state index < -0.39 is 0 Å². The molecule has 0 spiro atoms. The zero-order valence-corrected chi connectivity index (χ0v) is 10.5. The van der Waals surface area contributed by atoms with Gasteiger partial charge in [-0.25, -0.2) is 4.98 Å². The van der Waals surface area contributed by atoms with Crippen LogP contribution in [-0.2, 0) is 0 Å². The summed E-state index contributed by atoms with van der Waals surface area (Å²) in [5.74, 6) is 1.44. The van der Waals surface area contributed by atoms with Crippen molar-refractivity contribution in [2.24, 2.45) is 0 Å². The lowest BCUT2D eigenvalue weighted by molar-refractivity contribution is 0.445. The first-order valence-electron chi connectivity index (χ1n) is 6.39. The molecular weight excluding hydrogens is 224 g/mol. The van der Waals surface area contributed by atoms with Crippen molar-refractivity contribution in [3.05, 3.63) is 35.4 Å². The molecule has 4 nitrogen and oxygen atoms in total. The molecule has 18 heavy (non-hydrogen) atoms. The van der Waals surface area contributed by atoms with E-state index in [1.807, 2.05) is 19.2 Å². The number of nitriles is 1. The number of imidazole rings is 1. The quantitative estimate of drug-likeness (QED) is 0.829. The second-order valence-electron chi connectivity index (χ2n) is 4.93. The van der Waals surface area contributed by atoms with Gasteiger partial charge in [0, 0.05) is 18.7 Å². The molecule has 1 atom stereocenters. The second kappa shape index (κ2) is 4.43. The molecule has 0 aromatic carbocycles. The highest BCUT2D eigenvalue weighted by molar-refractivity contribution is 5.60. The highest BCUT2D eigenvalue weighted by Gasteiger charge is 2.21. The molecule has 1 N–H and O–H groups in total. The molecule has 92 valence electrons. The molecule has 3 heterocycles. The molecule has 2 aromatic heterocycles. The molecule has 1 aliphatic heterocycles. The predicted octanol–water partition coefficient (Wildman–Crippen LogP) is 1.98. The van der Waals surface area contributed by atoms with E-state index in [0.29, 0.717) is 11.6 Å². The topological polar surface area (TPSA) is 53.1 Å². The van der Waals surface area contributed by atoms with E-state index in [9.17, 15) is 5.26 Å². The third kappa shape index (κ3) is 1.77.